The van der Waals surface area contributed by atoms with Gasteiger partial charge in [0, 0.05) is 0 Å². The normalized spacial score (nSPS) is 12.8. The lowest BCUT2D eigenvalue weighted by Crippen LogP contribution is -2.40. The summed E-state index contributed by atoms with van der Waals surface area (Å²) in [7, 11) is 0. The van der Waals surface area contributed by atoms with Crippen LogP contribution in [0.1, 0.15) is 34.6 Å². The summed E-state index contributed by atoms with van der Waals surface area (Å²) in [5.41, 5.74) is -1.86. The Morgan fingerprint density at radius 2 is 1.58 bits per heavy atom. The SMILES string of the molecule is CC(C)(C)OC(=O)C(C)(C)O[18OH]. The molecule has 0 saturated heterocycles. The highest BCUT2D eigenvalue weighted by molar-refractivity contribution is 5.78. The van der Waals surface area contributed by atoms with Crippen LogP contribution in [0, 0.1) is 0 Å². The van der Waals surface area contributed by atoms with E-state index in [2.05, 4.69) is 4.89 Å². The van der Waals surface area contributed by atoms with E-state index in [9.17, 15) is 4.79 Å². The lowest BCUT2D eigenvalue weighted by atomic mass is 10.1. The number of hydrogen-bond donors (Lipinski definition) is 1. The zero-order valence-electron chi connectivity index (χ0n) is 8.17. The molecule has 0 atom stereocenters. The molecule has 4 nitrogen and oxygen atoms in total. The van der Waals surface area contributed by atoms with Crippen LogP contribution in [0.4, 0.5) is 0 Å². The highest BCUT2D eigenvalue weighted by Gasteiger charge is 2.33. The van der Waals surface area contributed by atoms with Crippen molar-refractivity contribution in [1.29, 1.82) is 0 Å². The predicted molar refractivity (Wildman–Crippen MR) is 43.6 cm³/mol. The lowest BCUT2D eigenvalue weighted by molar-refractivity contribution is -0.310. The van der Waals surface area contributed by atoms with Gasteiger partial charge in [0.15, 0.2) is 5.60 Å². The molecule has 0 aliphatic rings. The average molecular weight is 178 g/mol. The number of carbonyl (C=O) groups is 1. The Morgan fingerprint density at radius 1 is 1.17 bits per heavy atom. The van der Waals surface area contributed by atoms with Crippen LogP contribution < -0.4 is 0 Å². The summed E-state index contributed by atoms with van der Waals surface area (Å²) in [6, 6.07) is 0. The first-order valence-electron chi connectivity index (χ1n) is 3.75. The van der Waals surface area contributed by atoms with Crippen LogP contribution in [0.3, 0.4) is 0 Å². The van der Waals surface area contributed by atoms with Gasteiger partial charge in [0.1, 0.15) is 5.60 Å². The maximum atomic E-state index is 11.2. The third kappa shape index (κ3) is 3.69. The summed E-state index contributed by atoms with van der Waals surface area (Å²) in [6.45, 7) is 8.11. The van der Waals surface area contributed by atoms with Gasteiger partial charge in [0.25, 0.3) is 0 Å². The molecule has 0 aromatic rings. The summed E-state index contributed by atoms with van der Waals surface area (Å²) in [6.07, 6.45) is 0. The van der Waals surface area contributed by atoms with Crippen LogP contribution >= 0.6 is 0 Å². The van der Waals surface area contributed by atoms with E-state index in [4.69, 9.17) is 9.99 Å². The van der Waals surface area contributed by atoms with Crippen molar-refractivity contribution < 1.29 is 19.7 Å². The van der Waals surface area contributed by atoms with E-state index in [1.165, 1.54) is 13.8 Å². The van der Waals surface area contributed by atoms with Crippen molar-refractivity contribution in [3.63, 3.8) is 0 Å². The van der Waals surface area contributed by atoms with E-state index >= 15 is 0 Å². The van der Waals surface area contributed by atoms with Gasteiger partial charge in [-0.3, -0.25) is 5.26 Å². The molecular weight excluding hydrogens is 162 g/mol. The van der Waals surface area contributed by atoms with Gasteiger partial charge in [-0.25, -0.2) is 9.68 Å². The minimum absolute atomic E-state index is 0.563. The van der Waals surface area contributed by atoms with Crippen molar-refractivity contribution in [1.82, 2.24) is 0 Å². The standard InChI is InChI=1S/C8H16O4/c1-7(2,3)11-6(9)8(4,5)12-10/h10H,1-5H3/i10+2. The summed E-state index contributed by atoms with van der Waals surface area (Å²) in [5, 5.41) is 8.36. The molecule has 0 radical (unpaired) electrons. The molecule has 0 heterocycles. The van der Waals surface area contributed by atoms with Gasteiger partial charge < -0.3 is 4.74 Å². The second-order valence-electron chi connectivity index (χ2n) is 4.10. The molecular formula is C8H16O4. The third-order valence-electron chi connectivity index (χ3n) is 1.12. The van der Waals surface area contributed by atoms with Crippen LogP contribution in [0.15, 0.2) is 0 Å². The maximum Gasteiger partial charge on any atom is 0.341 e. The summed E-state index contributed by atoms with van der Waals surface area (Å²) in [5.74, 6) is -0.586. The molecule has 0 bridgehead atoms. The van der Waals surface area contributed by atoms with E-state index in [0.717, 1.165) is 0 Å². The highest BCUT2D eigenvalue weighted by atomic mass is 18.4. The van der Waals surface area contributed by atoms with Crippen LogP contribution in [0.5, 0.6) is 0 Å². The van der Waals surface area contributed by atoms with Crippen molar-refractivity contribution in [3.8, 4) is 0 Å². The van der Waals surface area contributed by atoms with Crippen molar-refractivity contribution in [2.45, 2.75) is 45.8 Å². The molecule has 12 heavy (non-hydrogen) atoms. The quantitative estimate of drug-likeness (QED) is 0.302. The van der Waals surface area contributed by atoms with Gasteiger partial charge in [-0.15, -0.1) is 0 Å². The van der Waals surface area contributed by atoms with Crippen molar-refractivity contribution in [2.75, 3.05) is 0 Å². The second kappa shape index (κ2) is 3.41. The zero-order chi connectivity index (χ0) is 9.99. The molecule has 0 aromatic heterocycles. The number of rotatable bonds is 2. The Balaban J connectivity index is 4.23. The Bertz CT molecular complexity index is 166. The molecule has 0 aliphatic heterocycles. The van der Waals surface area contributed by atoms with Gasteiger partial charge >= 0.3 is 5.97 Å². The fourth-order valence-corrected chi connectivity index (χ4v) is 0.438. The third-order valence-corrected chi connectivity index (χ3v) is 1.12. The Labute approximate surface area is 72.4 Å². The first-order chi connectivity index (χ1) is 5.19. The number of carbonyl (C=O) groups excluding carboxylic acids is 1. The Kier molecular flexibility index (Phi) is 3.24. The molecule has 0 rings (SSSR count). The second-order valence-corrected chi connectivity index (χ2v) is 4.10. The van der Waals surface area contributed by atoms with E-state index in [0.29, 0.717) is 0 Å². The molecule has 0 saturated carbocycles. The topological polar surface area (TPSA) is 55.8 Å². The molecule has 0 aromatic carbocycles. The molecule has 4 heteroatoms. The van der Waals surface area contributed by atoms with Crippen LogP contribution in [0.2, 0.25) is 0 Å². The van der Waals surface area contributed by atoms with Crippen LogP contribution in [0.25, 0.3) is 0 Å². The van der Waals surface area contributed by atoms with Crippen LogP contribution in [-0.4, -0.2) is 22.4 Å². The highest BCUT2D eigenvalue weighted by Crippen LogP contribution is 2.15. The maximum absolute atomic E-state index is 11.2. The zero-order valence-corrected chi connectivity index (χ0v) is 8.17. The molecule has 0 unspecified atom stereocenters. The predicted octanol–water partition coefficient (Wildman–Crippen LogP) is 1.60. The largest absolute Gasteiger partial charge is 0.458 e. The van der Waals surface area contributed by atoms with Gasteiger partial charge in [-0.1, -0.05) is 0 Å². The molecule has 0 aliphatic carbocycles. The first kappa shape index (κ1) is 11.4. The van der Waals surface area contributed by atoms with Gasteiger partial charge in [0.05, 0.1) is 0 Å². The van der Waals surface area contributed by atoms with E-state index in [1.807, 2.05) is 0 Å². The summed E-state index contributed by atoms with van der Waals surface area (Å²) < 4.78 is 4.97. The lowest BCUT2D eigenvalue weighted by Gasteiger charge is -2.25. The van der Waals surface area contributed by atoms with E-state index in [-0.39, 0.29) is 0 Å². The smallest absolute Gasteiger partial charge is 0.341 e. The van der Waals surface area contributed by atoms with Crippen molar-refractivity contribution in [2.24, 2.45) is 0 Å². The minimum Gasteiger partial charge on any atom is -0.458 e. The van der Waals surface area contributed by atoms with Gasteiger partial charge in [-0.05, 0) is 34.6 Å². The molecule has 0 fully saturated rings. The fourth-order valence-electron chi connectivity index (χ4n) is 0.438. The van der Waals surface area contributed by atoms with Gasteiger partial charge in [0.2, 0.25) is 0 Å². The molecule has 72 valence electrons. The van der Waals surface area contributed by atoms with Crippen molar-refractivity contribution >= 4 is 5.97 Å². The Morgan fingerprint density at radius 3 is 1.83 bits per heavy atom. The monoisotopic (exact) mass is 178 g/mol. The number of esters is 1. The minimum atomic E-state index is -1.30. The van der Waals surface area contributed by atoms with Crippen molar-refractivity contribution in [3.05, 3.63) is 0 Å². The van der Waals surface area contributed by atoms with E-state index in [1.54, 1.807) is 20.8 Å². The Hall–Kier alpha value is -0.610. The fraction of sp³-hybridized carbons (Fsp3) is 0.875. The van der Waals surface area contributed by atoms with Crippen LogP contribution in [-0.2, 0) is 14.4 Å². The molecule has 0 amide bonds. The number of ether oxygens (including phenoxy) is 1. The molecule has 1 N–H and O–H groups in total. The average Bonchev–Trinajstić information content (AvgIpc) is 1.84. The summed E-state index contributed by atoms with van der Waals surface area (Å²) in [4.78, 5) is 15.2. The van der Waals surface area contributed by atoms with E-state index < -0.39 is 17.2 Å². The number of hydrogen-bond acceptors (Lipinski definition) is 4. The first-order valence-corrected chi connectivity index (χ1v) is 3.75. The van der Waals surface area contributed by atoms with Gasteiger partial charge in [-0.2, -0.15) is 0 Å². The summed E-state index contributed by atoms with van der Waals surface area (Å²) >= 11 is 0. The molecule has 0 spiro atoms.